The Labute approximate surface area is 176 Å². The van der Waals surface area contributed by atoms with Gasteiger partial charge in [0.05, 0.1) is 18.1 Å². The minimum Gasteiger partial charge on any atom is -0.379 e. The van der Waals surface area contributed by atoms with Gasteiger partial charge >= 0.3 is 0 Å². The van der Waals surface area contributed by atoms with Gasteiger partial charge in [-0.15, -0.1) is 0 Å². The van der Waals surface area contributed by atoms with E-state index in [1.54, 1.807) is 30.3 Å². The summed E-state index contributed by atoms with van der Waals surface area (Å²) in [7, 11) is -3.70. The van der Waals surface area contributed by atoms with Gasteiger partial charge in [0.1, 0.15) is 0 Å². The normalized spacial score (nSPS) is 14.8. The number of hydrogen-bond acceptors (Lipinski definition) is 5. The first-order chi connectivity index (χ1) is 14.4. The number of ether oxygens (including phenoxy) is 1. The molecular formula is C21H25N3O5S. The zero-order chi connectivity index (χ0) is 21.6. The van der Waals surface area contributed by atoms with Crippen LogP contribution in [0, 0.1) is 0 Å². The van der Waals surface area contributed by atoms with Gasteiger partial charge in [-0.25, -0.2) is 8.42 Å². The second-order valence-corrected chi connectivity index (χ2v) is 8.77. The molecule has 1 fully saturated rings. The standard InChI is InChI=1S/C21H25N3O5S/c1-2-9-22-20(25)16-5-3-7-18(14-16)23-21(26)17-6-4-8-19(15-17)30(27,28)24-10-12-29-13-11-24/h3-8,14-15H,2,9-13H2,1H3,(H,22,25)(H,23,26). The zero-order valence-corrected chi connectivity index (χ0v) is 17.6. The fourth-order valence-electron chi connectivity index (χ4n) is 3.02. The molecule has 3 rings (SSSR count). The summed E-state index contributed by atoms with van der Waals surface area (Å²) in [5.41, 5.74) is 1.10. The fraction of sp³-hybridized carbons (Fsp3) is 0.333. The number of rotatable bonds is 7. The third-order valence-corrected chi connectivity index (χ3v) is 6.52. The minimum absolute atomic E-state index is 0.0599. The summed E-state index contributed by atoms with van der Waals surface area (Å²) in [6, 6.07) is 12.5. The van der Waals surface area contributed by atoms with Gasteiger partial charge in [0.25, 0.3) is 11.8 Å². The van der Waals surface area contributed by atoms with Gasteiger partial charge in [-0.2, -0.15) is 4.31 Å². The average Bonchev–Trinajstić information content (AvgIpc) is 2.78. The van der Waals surface area contributed by atoms with Crippen molar-refractivity contribution in [2.24, 2.45) is 0 Å². The Kier molecular flexibility index (Phi) is 7.20. The third kappa shape index (κ3) is 5.24. The molecule has 1 aliphatic heterocycles. The Hall–Kier alpha value is -2.75. The van der Waals surface area contributed by atoms with Gasteiger partial charge in [-0.1, -0.05) is 19.1 Å². The Morgan fingerprint density at radius 3 is 2.37 bits per heavy atom. The summed E-state index contributed by atoms with van der Waals surface area (Å²) >= 11 is 0. The lowest BCUT2D eigenvalue weighted by atomic mass is 10.1. The van der Waals surface area contributed by atoms with Crippen molar-refractivity contribution in [3.05, 3.63) is 59.7 Å². The summed E-state index contributed by atoms with van der Waals surface area (Å²) in [4.78, 5) is 24.9. The number of amides is 2. The Bertz CT molecular complexity index is 1020. The van der Waals surface area contributed by atoms with Gasteiger partial charge in [0.2, 0.25) is 10.0 Å². The zero-order valence-electron chi connectivity index (χ0n) is 16.8. The van der Waals surface area contributed by atoms with Crippen molar-refractivity contribution in [1.29, 1.82) is 0 Å². The predicted molar refractivity (Wildman–Crippen MR) is 113 cm³/mol. The molecule has 0 aromatic heterocycles. The summed E-state index contributed by atoms with van der Waals surface area (Å²) < 4.78 is 32.2. The Morgan fingerprint density at radius 1 is 1.00 bits per heavy atom. The van der Waals surface area contributed by atoms with Crippen LogP contribution in [0.4, 0.5) is 5.69 Å². The number of hydrogen-bond donors (Lipinski definition) is 2. The second-order valence-electron chi connectivity index (χ2n) is 6.84. The number of carbonyl (C=O) groups is 2. The molecule has 30 heavy (non-hydrogen) atoms. The maximum absolute atomic E-state index is 12.8. The summed E-state index contributed by atoms with van der Waals surface area (Å²) in [5, 5.41) is 5.50. The first-order valence-electron chi connectivity index (χ1n) is 9.79. The van der Waals surface area contributed by atoms with Crippen molar-refractivity contribution < 1.29 is 22.7 Å². The van der Waals surface area contributed by atoms with Crippen molar-refractivity contribution in [1.82, 2.24) is 9.62 Å². The minimum atomic E-state index is -3.70. The molecule has 0 aliphatic carbocycles. The van der Waals surface area contributed by atoms with Crippen molar-refractivity contribution in [3.63, 3.8) is 0 Å². The van der Waals surface area contributed by atoms with Crippen LogP contribution in [-0.4, -0.2) is 57.4 Å². The number of nitrogens with zero attached hydrogens (tertiary/aromatic N) is 1. The lowest BCUT2D eigenvalue weighted by Gasteiger charge is -2.26. The van der Waals surface area contributed by atoms with E-state index >= 15 is 0 Å². The molecule has 0 saturated carbocycles. The second kappa shape index (κ2) is 9.84. The molecule has 2 amide bonds. The SMILES string of the molecule is CCCNC(=O)c1cccc(NC(=O)c2cccc(S(=O)(=O)N3CCOCC3)c2)c1. The topological polar surface area (TPSA) is 105 Å². The highest BCUT2D eigenvalue weighted by Gasteiger charge is 2.26. The van der Waals surface area contributed by atoms with Crippen molar-refractivity contribution in [2.75, 3.05) is 38.2 Å². The molecule has 0 bridgehead atoms. The average molecular weight is 432 g/mol. The number of nitrogens with one attached hydrogen (secondary N) is 2. The number of carbonyl (C=O) groups excluding carboxylic acids is 2. The number of morpholine rings is 1. The largest absolute Gasteiger partial charge is 0.379 e. The highest BCUT2D eigenvalue weighted by molar-refractivity contribution is 7.89. The van der Waals surface area contributed by atoms with E-state index in [1.165, 1.54) is 22.5 Å². The maximum Gasteiger partial charge on any atom is 0.255 e. The Balaban J connectivity index is 1.75. The van der Waals surface area contributed by atoms with Crippen molar-refractivity contribution in [2.45, 2.75) is 18.2 Å². The van der Waals surface area contributed by atoms with Crippen molar-refractivity contribution in [3.8, 4) is 0 Å². The molecule has 0 atom stereocenters. The maximum atomic E-state index is 12.8. The lowest BCUT2D eigenvalue weighted by molar-refractivity contribution is 0.0730. The van der Waals surface area contributed by atoms with Gasteiger partial charge in [-0.3, -0.25) is 9.59 Å². The van der Waals surface area contributed by atoms with E-state index in [4.69, 9.17) is 4.74 Å². The van der Waals surface area contributed by atoms with E-state index in [9.17, 15) is 18.0 Å². The van der Waals surface area contributed by atoms with Crippen LogP contribution < -0.4 is 10.6 Å². The van der Waals surface area contributed by atoms with E-state index in [0.29, 0.717) is 31.0 Å². The van der Waals surface area contributed by atoms with Crippen LogP contribution in [0.3, 0.4) is 0 Å². The monoisotopic (exact) mass is 431 g/mol. The molecule has 9 heteroatoms. The molecule has 0 spiro atoms. The van der Waals surface area contributed by atoms with Crippen molar-refractivity contribution >= 4 is 27.5 Å². The molecule has 8 nitrogen and oxygen atoms in total. The number of benzene rings is 2. The molecule has 0 unspecified atom stereocenters. The predicted octanol–water partition coefficient (Wildman–Crippen LogP) is 2.10. The first-order valence-corrected chi connectivity index (χ1v) is 11.2. The molecule has 1 heterocycles. The molecule has 160 valence electrons. The molecule has 2 aromatic carbocycles. The van der Waals surface area contributed by atoms with Crippen LogP contribution in [0.15, 0.2) is 53.4 Å². The van der Waals surface area contributed by atoms with Crippen LogP contribution in [0.25, 0.3) is 0 Å². The number of anilines is 1. The molecule has 0 radical (unpaired) electrons. The fourth-order valence-corrected chi connectivity index (χ4v) is 4.47. The van der Waals surface area contributed by atoms with Crippen LogP contribution in [0.5, 0.6) is 0 Å². The third-order valence-electron chi connectivity index (χ3n) is 4.62. The summed E-state index contributed by atoms with van der Waals surface area (Å²) in [6.07, 6.45) is 0.825. The Morgan fingerprint density at radius 2 is 1.67 bits per heavy atom. The van der Waals surface area contributed by atoms with Gasteiger partial charge < -0.3 is 15.4 Å². The van der Waals surface area contributed by atoms with E-state index in [-0.39, 0.29) is 29.5 Å². The first kappa shape index (κ1) is 21.9. The quantitative estimate of drug-likeness (QED) is 0.699. The van der Waals surface area contributed by atoms with Gasteiger partial charge in [0, 0.05) is 36.4 Å². The van der Waals surface area contributed by atoms with Crippen LogP contribution >= 0.6 is 0 Å². The van der Waals surface area contributed by atoms with Crippen LogP contribution in [0.2, 0.25) is 0 Å². The van der Waals surface area contributed by atoms with E-state index in [0.717, 1.165) is 6.42 Å². The van der Waals surface area contributed by atoms with Gasteiger partial charge in [0.15, 0.2) is 0 Å². The number of sulfonamides is 1. The molecule has 1 saturated heterocycles. The van der Waals surface area contributed by atoms with Crippen LogP contribution in [0.1, 0.15) is 34.1 Å². The summed E-state index contributed by atoms with van der Waals surface area (Å²) in [5.74, 6) is -0.674. The van der Waals surface area contributed by atoms with E-state index in [2.05, 4.69) is 10.6 Å². The van der Waals surface area contributed by atoms with Gasteiger partial charge in [-0.05, 0) is 42.8 Å². The molecule has 2 N–H and O–H groups in total. The highest BCUT2D eigenvalue weighted by atomic mass is 32.2. The van der Waals surface area contributed by atoms with E-state index in [1.807, 2.05) is 6.92 Å². The molecular weight excluding hydrogens is 406 g/mol. The smallest absolute Gasteiger partial charge is 0.255 e. The van der Waals surface area contributed by atoms with Crippen LogP contribution in [-0.2, 0) is 14.8 Å². The summed E-state index contributed by atoms with van der Waals surface area (Å²) in [6.45, 7) is 3.80. The highest BCUT2D eigenvalue weighted by Crippen LogP contribution is 2.19. The van der Waals surface area contributed by atoms with E-state index < -0.39 is 15.9 Å². The lowest BCUT2D eigenvalue weighted by Crippen LogP contribution is -2.40. The molecule has 1 aliphatic rings. The molecule has 2 aromatic rings.